The SMILES string of the molecule is CO[C@]1(C)C[C@@H](C)CN(C)C(O)[C@](C)(O)COC(=O)C(C)C(=O)[C@H](C)[C@H]1C. The highest BCUT2D eigenvalue weighted by Gasteiger charge is 2.43. The molecule has 1 aliphatic rings. The molecule has 0 spiro atoms. The van der Waals surface area contributed by atoms with Gasteiger partial charge in [0.25, 0.3) is 0 Å². The highest BCUT2D eigenvalue weighted by Crippen LogP contribution is 2.35. The molecule has 0 aromatic rings. The van der Waals surface area contributed by atoms with E-state index >= 15 is 0 Å². The Bertz CT molecular complexity index is 537. The number of aliphatic hydroxyl groups excluding tert-OH is 1. The summed E-state index contributed by atoms with van der Waals surface area (Å²) in [7, 11) is 3.34. The molecule has 0 amide bonds. The average molecular weight is 388 g/mol. The fraction of sp³-hybridized carbons (Fsp3) is 0.900. The van der Waals surface area contributed by atoms with Gasteiger partial charge in [-0.15, -0.1) is 0 Å². The lowest BCUT2D eigenvalue weighted by Gasteiger charge is -2.42. The quantitative estimate of drug-likeness (QED) is 0.519. The molecule has 1 heterocycles. The first-order valence-corrected chi connectivity index (χ1v) is 9.63. The topological polar surface area (TPSA) is 96.3 Å². The van der Waals surface area contributed by atoms with Gasteiger partial charge >= 0.3 is 5.97 Å². The lowest BCUT2D eigenvalue weighted by molar-refractivity contribution is -0.182. The second-order valence-corrected chi connectivity index (χ2v) is 8.81. The molecule has 7 nitrogen and oxygen atoms in total. The molecule has 7 atom stereocenters. The van der Waals surface area contributed by atoms with Crippen LogP contribution in [0, 0.1) is 23.7 Å². The second kappa shape index (κ2) is 8.99. The molecule has 158 valence electrons. The summed E-state index contributed by atoms with van der Waals surface area (Å²) in [5.74, 6) is -2.23. The first-order valence-electron chi connectivity index (χ1n) is 9.63. The van der Waals surface area contributed by atoms with Crippen molar-refractivity contribution in [3.63, 3.8) is 0 Å². The summed E-state index contributed by atoms with van der Waals surface area (Å²) >= 11 is 0. The standard InChI is InChI=1S/C20H37NO6/c1-12-9-20(6,26-8)15(4)13(2)16(22)14(3)17(23)27-11-19(5,25)18(24)21(7)10-12/h12-15,18,24-25H,9-11H2,1-8H3/t12-,13-,14?,15-,18?,19-,20-/m1/s1. The van der Waals surface area contributed by atoms with Crippen molar-refractivity contribution >= 4 is 11.8 Å². The van der Waals surface area contributed by atoms with E-state index in [0.29, 0.717) is 13.0 Å². The fourth-order valence-corrected chi connectivity index (χ4v) is 3.98. The first-order chi connectivity index (χ1) is 12.3. The van der Waals surface area contributed by atoms with Crippen molar-refractivity contribution in [2.24, 2.45) is 23.7 Å². The number of ketones is 1. The number of likely N-dealkylation sites (N-methyl/N-ethyl adjacent to an activating group) is 1. The Kier molecular flexibility index (Phi) is 7.99. The van der Waals surface area contributed by atoms with Crippen molar-refractivity contribution < 1.29 is 29.3 Å². The number of hydrogen-bond donors (Lipinski definition) is 2. The van der Waals surface area contributed by atoms with E-state index in [9.17, 15) is 19.8 Å². The first kappa shape index (κ1) is 24.0. The summed E-state index contributed by atoms with van der Waals surface area (Å²) in [6.07, 6.45) is -0.549. The minimum atomic E-state index is -1.65. The van der Waals surface area contributed by atoms with E-state index in [-0.39, 0.29) is 24.2 Å². The Morgan fingerprint density at radius 1 is 1.19 bits per heavy atom. The summed E-state index contributed by atoms with van der Waals surface area (Å²) in [6, 6.07) is 0. The molecule has 2 unspecified atom stereocenters. The molecule has 0 saturated carbocycles. The van der Waals surface area contributed by atoms with Crippen LogP contribution in [0.5, 0.6) is 0 Å². The predicted molar refractivity (Wildman–Crippen MR) is 102 cm³/mol. The molecule has 1 saturated heterocycles. The van der Waals surface area contributed by atoms with Gasteiger partial charge in [-0.05, 0) is 46.1 Å². The van der Waals surface area contributed by atoms with Crippen molar-refractivity contribution in [2.75, 3.05) is 27.3 Å². The van der Waals surface area contributed by atoms with Crippen LogP contribution in [0.4, 0.5) is 0 Å². The van der Waals surface area contributed by atoms with Crippen LogP contribution in [0.2, 0.25) is 0 Å². The number of carbonyl (C=O) groups excluding carboxylic acids is 2. The Balaban J connectivity index is 3.24. The molecule has 0 aliphatic carbocycles. The van der Waals surface area contributed by atoms with Crippen LogP contribution >= 0.6 is 0 Å². The van der Waals surface area contributed by atoms with E-state index in [2.05, 4.69) is 0 Å². The van der Waals surface area contributed by atoms with Gasteiger partial charge in [0.2, 0.25) is 0 Å². The van der Waals surface area contributed by atoms with Crippen LogP contribution in [0.3, 0.4) is 0 Å². The van der Waals surface area contributed by atoms with Crippen LogP contribution in [0.15, 0.2) is 0 Å². The maximum atomic E-state index is 12.8. The van der Waals surface area contributed by atoms with Crippen molar-refractivity contribution in [3.05, 3.63) is 0 Å². The minimum absolute atomic E-state index is 0.117. The number of Topliss-reactive ketones (excluding diaryl/α,β-unsaturated/α-hetero) is 1. The molecule has 0 radical (unpaired) electrons. The number of cyclic esters (lactones) is 1. The lowest BCUT2D eigenvalue weighted by Crippen LogP contribution is -2.54. The van der Waals surface area contributed by atoms with E-state index in [1.807, 2.05) is 27.7 Å². The van der Waals surface area contributed by atoms with E-state index in [1.54, 1.807) is 19.1 Å². The summed E-state index contributed by atoms with van der Waals surface area (Å²) < 4.78 is 11.0. The van der Waals surface area contributed by atoms with Crippen molar-refractivity contribution in [1.82, 2.24) is 4.90 Å². The molecule has 27 heavy (non-hydrogen) atoms. The number of hydrogen-bond acceptors (Lipinski definition) is 7. The van der Waals surface area contributed by atoms with Gasteiger partial charge in [-0.3, -0.25) is 14.5 Å². The number of esters is 1. The Morgan fingerprint density at radius 3 is 2.26 bits per heavy atom. The molecule has 7 heteroatoms. The van der Waals surface area contributed by atoms with E-state index < -0.39 is 35.2 Å². The highest BCUT2D eigenvalue weighted by molar-refractivity contribution is 5.99. The minimum Gasteiger partial charge on any atom is -0.462 e. The van der Waals surface area contributed by atoms with Crippen LogP contribution in [0.1, 0.15) is 48.0 Å². The van der Waals surface area contributed by atoms with E-state index in [4.69, 9.17) is 9.47 Å². The van der Waals surface area contributed by atoms with Crippen LogP contribution in [0.25, 0.3) is 0 Å². The lowest BCUT2D eigenvalue weighted by atomic mass is 9.73. The Morgan fingerprint density at radius 2 is 1.74 bits per heavy atom. The van der Waals surface area contributed by atoms with Gasteiger partial charge in [0.1, 0.15) is 30.1 Å². The number of nitrogens with zero attached hydrogens (tertiary/aromatic N) is 1. The van der Waals surface area contributed by atoms with E-state index in [1.165, 1.54) is 13.8 Å². The number of aliphatic hydroxyl groups is 2. The number of ether oxygens (including phenoxy) is 2. The van der Waals surface area contributed by atoms with Gasteiger partial charge in [-0.2, -0.15) is 0 Å². The van der Waals surface area contributed by atoms with Gasteiger partial charge in [0.15, 0.2) is 0 Å². The van der Waals surface area contributed by atoms with Gasteiger partial charge < -0.3 is 19.7 Å². The van der Waals surface area contributed by atoms with Gasteiger partial charge in [-0.25, -0.2) is 0 Å². The Hall–Kier alpha value is -1.02. The van der Waals surface area contributed by atoms with Gasteiger partial charge in [-0.1, -0.05) is 20.8 Å². The summed E-state index contributed by atoms with van der Waals surface area (Å²) in [4.78, 5) is 26.8. The second-order valence-electron chi connectivity index (χ2n) is 8.81. The molecule has 1 rings (SSSR count). The highest BCUT2D eigenvalue weighted by atomic mass is 16.5. The summed E-state index contributed by atoms with van der Waals surface area (Å²) in [5, 5.41) is 21.0. The molecule has 0 bridgehead atoms. The molecule has 0 aromatic heterocycles. The fourth-order valence-electron chi connectivity index (χ4n) is 3.98. The zero-order chi connectivity index (χ0) is 21.2. The van der Waals surface area contributed by atoms with Gasteiger partial charge in [0.05, 0.1) is 5.60 Å². The van der Waals surface area contributed by atoms with Gasteiger partial charge in [0, 0.05) is 19.6 Å². The average Bonchev–Trinajstić information content (AvgIpc) is 2.61. The molecule has 1 fully saturated rings. The van der Waals surface area contributed by atoms with Crippen LogP contribution < -0.4 is 0 Å². The smallest absolute Gasteiger partial charge is 0.316 e. The van der Waals surface area contributed by atoms with Crippen molar-refractivity contribution in [3.8, 4) is 0 Å². The third kappa shape index (κ3) is 5.50. The third-order valence-electron chi connectivity index (χ3n) is 6.24. The Labute approximate surface area is 163 Å². The molecule has 0 aromatic carbocycles. The molecular formula is C20H37NO6. The van der Waals surface area contributed by atoms with E-state index in [0.717, 1.165) is 0 Å². The summed E-state index contributed by atoms with van der Waals surface area (Å²) in [6.45, 7) is 10.8. The normalized spacial score (nSPS) is 43.9. The largest absolute Gasteiger partial charge is 0.462 e. The number of carbonyl (C=O) groups is 2. The zero-order valence-electron chi connectivity index (χ0n) is 18.0. The molecule has 1 aliphatic heterocycles. The maximum absolute atomic E-state index is 12.8. The van der Waals surface area contributed by atoms with Crippen LogP contribution in [-0.4, -0.2) is 71.6 Å². The number of methoxy groups -OCH3 is 1. The van der Waals surface area contributed by atoms with Crippen molar-refractivity contribution in [1.29, 1.82) is 0 Å². The predicted octanol–water partition coefficient (Wildman–Crippen LogP) is 1.45. The van der Waals surface area contributed by atoms with Crippen LogP contribution in [-0.2, 0) is 19.1 Å². The molecular weight excluding hydrogens is 350 g/mol. The monoisotopic (exact) mass is 387 g/mol. The van der Waals surface area contributed by atoms with Crippen molar-refractivity contribution in [2.45, 2.75) is 65.4 Å². The number of rotatable bonds is 1. The summed E-state index contributed by atoms with van der Waals surface area (Å²) in [5.41, 5.74) is -2.23. The maximum Gasteiger partial charge on any atom is 0.316 e. The molecule has 2 N–H and O–H groups in total. The zero-order valence-corrected chi connectivity index (χ0v) is 18.0. The third-order valence-corrected chi connectivity index (χ3v) is 6.24.